The number of carboxylic acids is 1. The quantitative estimate of drug-likeness (QED) is 0.913. The Morgan fingerprint density at radius 1 is 1.56 bits per heavy atom. The van der Waals surface area contributed by atoms with Crippen molar-refractivity contribution in [3.8, 4) is 0 Å². The van der Waals surface area contributed by atoms with Crippen molar-refractivity contribution in [2.45, 2.75) is 32.6 Å². The van der Waals surface area contributed by atoms with E-state index in [4.69, 9.17) is 11.6 Å². The molecule has 0 aromatic carbocycles. The smallest absolute Gasteiger partial charge is 0.306 e. The van der Waals surface area contributed by atoms with Crippen LogP contribution >= 0.6 is 11.6 Å². The molecule has 98 valence electrons. The number of halogens is 1. The zero-order valence-corrected chi connectivity index (χ0v) is 11.2. The number of hydrogen-bond donors (Lipinski definition) is 1. The van der Waals surface area contributed by atoms with Crippen molar-refractivity contribution in [1.82, 2.24) is 4.98 Å². The molecule has 3 nitrogen and oxygen atoms in total. The summed E-state index contributed by atoms with van der Waals surface area (Å²) >= 11 is 6.10. The topological polar surface area (TPSA) is 50.2 Å². The molecule has 18 heavy (non-hydrogen) atoms. The summed E-state index contributed by atoms with van der Waals surface area (Å²) in [6.07, 6.45) is 6.84. The monoisotopic (exact) mass is 267 g/mol. The SMILES string of the molecule is CC1CCC(C(=O)O)C(Cc2ccncc2Cl)C1. The zero-order chi connectivity index (χ0) is 13.1. The van der Waals surface area contributed by atoms with Gasteiger partial charge in [0.25, 0.3) is 0 Å². The molecule has 0 radical (unpaired) electrons. The highest BCUT2D eigenvalue weighted by Gasteiger charge is 2.33. The Morgan fingerprint density at radius 3 is 3.00 bits per heavy atom. The summed E-state index contributed by atoms with van der Waals surface area (Å²) in [5.41, 5.74) is 1.01. The van der Waals surface area contributed by atoms with Crippen molar-refractivity contribution in [3.63, 3.8) is 0 Å². The van der Waals surface area contributed by atoms with Crippen molar-refractivity contribution in [1.29, 1.82) is 0 Å². The fourth-order valence-corrected chi connectivity index (χ4v) is 3.10. The fraction of sp³-hybridized carbons (Fsp3) is 0.571. The van der Waals surface area contributed by atoms with Gasteiger partial charge in [-0.15, -0.1) is 0 Å². The number of hydrogen-bond acceptors (Lipinski definition) is 2. The van der Waals surface area contributed by atoms with Crippen LogP contribution in [0, 0.1) is 17.8 Å². The van der Waals surface area contributed by atoms with Crippen LogP contribution in [0.1, 0.15) is 31.7 Å². The molecule has 3 atom stereocenters. The summed E-state index contributed by atoms with van der Waals surface area (Å²) in [5.74, 6) is -0.111. The van der Waals surface area contributed by atoms with Crippen LogP contribution < -0.4 is 0 Å². The summed E-state index contributed by atoms with van der Waals surface area (Å²) in [6, 6.07) is 1.89. The van der Waals surface area contributed by atoms with Crippen LogP contribution in [-0.2, 0) is 11.2 Å². The van der Waals surface area contributed by atoms with Gasteiger partial charge < -0.3 is 5.11 Å². The van der Waals surface area contributed by atoms with E-state index in [1.807, 2.05) is 6.07 Å². The van der Waals surface area contributed by atoms with E-state index in [1.165, 1.54) is 0 Å². The third-order valence-corrected chi connectivity index (χ3v) is 4.24. The van der Waals surface area contributed by atoms with E-state index in [9.17, 15) is 9.90 Å². The maximum atomic E-state index is 11.3. The zero-order valence-electron chi connectivity index (χ0n) is 10.5. The number of aliphatic carboxylic acids is 1. The van der Waals surface area contributed by atoms with Crippen LogP contribution in [0.5, 0.6) is 0 Å². The van der Waals surface area contributed by atoms with Crippen LogP contribution in [-0.4, -0.2) is 16.1 Å². The van der Waals surface area contributed by atoms with Crippen molar-refractivity contribution < 1.29 is 9.90 Å². The first-order valence-electron chi connectivity index (χ1n) is 6.39. The molecular weight excluding hydrogens is 250 g/mol. The molecular formula is C14H18ClNO2. The minimum atomic E-state index is -0.669. The molecule has 1 aromatic rings. The molecule has 0 bridgehead atoms. The van der Waals surface area contributed by atoms with Crippen LogP contribution in [0.4, 0.5) is 0 Å². The summed E-state index contributed by atoms with van der Waals surface area (Å²) in [7, 11) is 0. The van der Waals surface area contributed by atoms with E-state index in [1.54, 1.807) is 12.4 Å². The Bertz CT molecular complexity index is 436. The molecule has 1 heterocycles. The fourth-order valence-electron chi connectivity index (χ4n) is 2.90. The predicted molar refractivity (Wildman–Crippen MR) is 70.6 cm³/mol. The Hall–Kier alpha value is -1.09. The molecule has 1 aromatic heterocycles. The predicted octanol–water partition coefficient (Wildman–Crippen LogP) is 3.41. The molecule has 1 fully saturated rings. The number of aromatic nitrogens is 1. The average molecular weight is 268 g/mol. The average Bonchev–Trinajstić information content (AvgIpc) is 2.32. The first kappa shape index (κ1) is 13.3. The molecule has 0 saturated heterocycles. The highest BCUT2D eigenvalue weighted by Crippen LogP contribution is 2.36. The van der Waals surface area contributed by atoms with Crippen molar-refractivity contribution in [2.75, 3.05) is 0 Å². The lowest BCUT2D eigenvalue weighted by Gasteiger charge is -2.32. The van der Waals surface area contributed by atoms with Crippen molar-refractivity contribution >= 4 is 17.6 Å². The van der Waals surface area contributed by atoms with Gasteiger partial charge in [-0.05, 0) is 49.1 Å². The van der Waals surface area contributed by atoms with Gasteiger partial charge in [0.1, 0.15) is 0 Å². The van der Waals surface area contributed by atoms with E-state index in [0.717, 1.165) is 31.2 Å². The van der Waals surface area contributed by atoms with Gasteiger partial charge in [0.15, 0.2) is 0 Å². The molecule has 0 spiro atoms. The van der Waals surface area contributed by atoms with Gasteiger partial charge >= 0.3 is 5.97 Å². The Morgan fingerprint density at radius 2 is 2.33 bits per heavy atom. The van der Waals surface area contributed by atoms with Crippen LogP contribution in [0.25, 0.3) is 0 Å². The summed E-state index contributed by atoms with van der Waals surface area (Å²) < 4.78 is 0. The summed E-state index contributed by atoms with van der Waals surface area (Å²) in [6.45, 7) is 2.19. The number of pyridine rings is 1. The van der Waals surface area contributed by atoms with Gasteiger partial charge in [0, 0.05) is 12.4 Å². The second kappa shape index (κ2) is 5.70. The Labute approximate surface area is 112 Å². The van der Waals surface area contributed by atoms with Gasteiger partial charge in [-0.3, -0.25) is 9.78 Å². The number of carbonyl (C=O) groups is 1. The second-order valence-corrected chi connectivity index (χ2v) is 5.70. The molecule has 1 aliphatic carbocycles. The molecule has 0 amide bonds. The lowest BCUT2D eigenvalue weighted by Crippen LogP contribution is -2.31. The van der Waals surface area contributed by atoms with Crippen LogP contribution in [0.3, 0.4) is 0 Å². The number of rotatable bonds is 3. The number of carboxylic acid groups (broad SMARTS) is 1. The summed E-state index contributed by atoms with van der Waals surface area (Å²) in [5, 5.41) is 9.94. The van der Waals surface area contributed by atoms with Gasteiger partial charge in [-0.1, -0.05) is 18.5 Å². The van der Waals surface area contributed by atoms with Crippen molar-refractivity contribution in [2.24, 2.45) is 17.8 Å². The van der Waals surface area contributed by atoms with Crippen LogP contribution in [0.15, 0.2) is 18.5 Å². The van der Waals surface area contributed by atoms with E-state index >= 15 is 0 Å². The van der Waals surface area contributed by atoms with Crippen LogP contribution in [0.2, 0.25) is 5.02 Å². The maximum absolute atomic E-state index is 11.3. The molecule has 1 aliphatic rings. The highest BCUT2D eigenvalue weighted by atomic mass is 35.5. The minimum Gasteiger partial charge on any atom is -0.481 e. The molecule has 4 heteroatoms. The normalized spacial score (nSPS) is 28.0. The Balaban J connectivity index is 2.14. The largest absolute Gasteiger partial charge is 0.481 e. The molecule has 1 N–H and O–H groups in total. The minimum absolute atomic E-state index is 0.186. The first-order valence-corrected chi connectivity index (χ1v) is 6.77. The third-order valence-electron chi connectivity index (χ3n) is 3.90. The standard InChI is InChI=1S/C14H18ClNO2/c1-9-2-3-12(14(17)18)11(6-9)7-10-4-5-16-8-13(10)15/h4-5,8-9,11-12H,2-3,6-7H2,1H3,(H,17,18). The van der Waals surface area contributed by atoms with Gasteiger partial charge in [0.2, 0.25) is 0 Å². The lowest BCUT2D eigenvalue weighted by atomic mass is 9.72. The van der Waals surface area contributed by atoms with Gasteiger partial charge in [-0.2, -0.15) is 0 Å². The second-order valence-electron chi connectivity index (χ2n) is 5.29. The third kappa shape index (κ3) is 3.02. The van der Waals surface area contributed by atoms with E-state index < -0.39 is 5.97 Å². The molecule has 3 unspecified atom stereocenters. The van der Waals surface area contributed by atoms with Gasteiger partial charge in [0.05, 0.1) is 10.9 Å². The maximum Gasteiger partial charge on any atom is 0.306 e. The highest BCUT2D eigenvalue weighted by molar-refractivity contribution is 6.31. The van der Waals surface area contributed by atoms with E-state index in [-0.39, 0.29) is 11.8 Å². The summed E-state index contributed by atoms with van der Waals surface area (Å²) in [4.78, 5) is 15.3. The lowest BCUT2D eigenvalue weighted by molar-refractivity contribution is -0.145. The molecule has 0 aliphatic heterocycles. The molecule has 2 rings (SSSR count). The first-order chi connectivity index (χ1) is 8.58. The van der Waals surface area contributed by atoms with Crippen molar-refractivity contribution in [3.05, 3.63) is 29.0 Å². The number of nitrogens with zero attached hydrogens (tertiary/aromatic N) is 1. The molecule has 1 saturated carbocycles. The van der Waals surface area contributed by atoms with E-state index in [2.05, 4.69) is 11.9 Å². The Kier molecular flexibility index (Phi) is 4.23. The van der Waals surface area contributed by atoms with Gasteiger partial charge in [-0.25, -0.2) is 0 Å². The van der Waals surface area contributed by atoms with E-state index in [0.29, 0.717) is 10.9 Å².